The zero-order chi connectivity index (χ0) is 14.4. The third-order valence-corrected chi connectivity index (χ3v) is 4.51. The molecule has 2 N–H and O–H groups in total. The second-order valence-electron chi connectivity index (χ2n) is 5.83. The molecule has 1 aromatic carbocycles. The van der Waals surface area contributed by atoms with Crippen molar-refractivity contribution in [2.24, 2.45) is 5.73 Å². The molecule has 0 saturated heterocycles. The number of benzene rings is 1. The smallest absolute Gasteiger partial charge is 0.270 e. The van der Waals surface area contributed by atoms with E-state index in [4.69, 9.17) is 15.2 Å². The van der Waals surface area contributed by atoms with E-state index in [9.17, 15) is 8.78 Å². The SMILES string of the molecule is CC(F)(F)c1cc2c(cc1C1(CN)CCCC1)OCO2. The molecule has 0 atom stereocenters. The number of fused-ring (bicyclic) bond motifs is 1. The van der Waals surface area contributed by atoms with Gasteiger partial charge >= 0.3 is 0 Å². The monoisotopic (exact) mass is 283 g/mol. The Hall–Kier alpha value is -1.36. The molecular formula is C15H19F2NO2. The average Bonchev–Trinajstić information content (AvgIpc) is 3.05. The van der Waals surface area contributed by atoms with Crippen molar-refractivity contribution in [1.82, 2.24) is 0 Å². The van der Waals surface area contributed by atoms with Gasteiger partial charge in [-0.1, -0.05) is 12.8 Å². The van der Waals surface area contributed by atoms with Gasteiger partial charge in [-0.05, 0) is 30.5 Å². The summed E-state index contributed by atoms with van der Waals surface area (Å²) in [6.45, 7) is 1.39. The molecule has 1 fully saturated rings. The Morgan fingerprint density at radius 1 is 1.20 bits per heavy atom. The van der Waals surface area contributed by atoms with Crippen LogP contribution in [0, 0.1) is 0 Å². The summed E-state index contributed by atoms with van der Waals surface area (Å²) in [6, 6.07) is 3.14. The number of hydrogen-bond donors (Lipinski definition) is 1. The van der Waals surface area contributed by atoms with Crippen molar-refractivity contribution >= 4 is 0 Å². The number of halogens is 2. The molecule has 1 aromatic rings. The molecule has 20 heavy (non-hydrogen) atoms. The molecule has 110 valence electrons. The van der Waals surface area contributed by atoms with E-state index < -0.39 is 5.92 Å². The van der Waals surface area contributed by atoms with Gasteiger partial charge in [0, 0.05) is 24.4 Å². The van der Waals surface area contributed by atoms with E-state index in [1.165, 1.54) is 6.07 Å². The maximum atomic E-state index is 14.0. The Kier molecular flexibility index (Phi) is 3.12. The second-order valence-corrected chi connectivity index (χ2v) is 5.83. The average molecular weight is 283 g/mol. The van der Waals surface area contributed by atoms with Gasteiger partial charge < -0.3 is 15.2 Å². The van der Waals surface area contributed by atoms with Gasteiger partial charge in [-0.2, -0.15) is 0 Å². The summed E-state index contributed by atoms with van der Waals surface area (Å²) in [5.41, 5.74) is 6.25. The predicted molar refractivity (Wildman–Crippen MR) is 71.3 cm³/mol. The Morgan fingerprint density at radius 2 is 1.80 bits per heavy atom. The molecule has 0 amide bonds. The first-order chi connectivity index (χ1) is 9.46. The van der Waals surface area contributed by atoms with E-state index in [1.54, 1.807) is 6.07 Å². The topological polar surface area (TPSA) is 44.5 Å². The van der Waals surface area contributed by atoms with Crippen LogP contribution in [0.4, 0.5) is 8.78 Å². The molecule has 3 nitrogen and oxygen atoms in total. The molecule has 1 aliphatic carbocycles. The van der Waals surface area contributed by atoms with Crippen LogP contribution in [-0.4, -0.2) is 13.3 Å². The van der Waals surface area contributed by atoms with Gasteiger partial charge in [0.25, 0.3) is 5.92 Å². The van der Waals surface area contributed by atoms with Gasteiger partial charge in [0.05, 0.1) is 0 Å². The van der Waals surface area contributed by atoms with Gasteiger partial charge in [0.1, 0.15) is 0 Å². The first-order valence-electron chi connectivity index (χ1n) is 6.99. The molecule has 3 rings (SSSR count). The van der Waals surface area contributed by atoms with Crippen molar-refractivity contribution in [3.63, 3.8) is 0 Å². The molecule has 1 aliphatic heterocycles. The standard InChI is InChI=1S/C15H19F2NO2/c1-14(16,17)10-6-12-13(20-9-19-12)7-11(10)15(8-18)4-2-3-5-15/h6-7H,2-5,8-9,18H2,1H3. The zero-order valence-corrected chi connectivity index (χ0v) is 11.5. The van der Waals surface area contributed by atoms with Gasteiger partial charge in [-0.15, -0.1) is 0 Å². The largest absolute Gasteiger partial charge is 0.454 e. The molecule has 1 saturated carbocycles. The minimum absolute atomic E-state index is 0.0223. The van der Waals surface area contributed by atoms with E-state index >= 15 is 0 Å². The van der Waals surface area contributed by atoms with Crippen molar-refractivity contribution < 1.29 is 18.3 Å². The van der Waals surface area contributed by atoms with Crippen molar-refractivity contribution in [1.29, 1.82) is 0 Å². The van der Waals surface area contributed by atoms with Crippen molar-refractivity contribution in [2.75, 3.05) is 13.3 Å². The fraction of sp³-hybridized carbons (Fsp3) is 0.600. The molecule has 1 heterocycles. The van der Waals surface area contributed by atoms with E-state index in [1.807, 2.05) is 0 Å². The summed E-state index contributed by atoms with van der Waals surface area (Å²) >= 11 is 0. The molecule has 0 bridgehead atoms. The number of hydrogen-bond acceptors (Lipinski definition) is 3. The fourth-order valence-electron chi connectivity index (χ4n) is 3.38. The first kappa shape index (κ1) is 13.6. The summed E-state index contributed by atoms with van der Waals surface area (Å²) in [5, 5.41) is 0. The maximum Gasteiger partial charge on any atom is 0.270 e. The molecule has 2 aliphatic rings. The highest BCUT2D eigenvalue weighted by Crippen LogP contribution is 2.49. The first-order valence-corrected chi connectivity index (χ1v) is 6.99. The maximum absolute atomic E-state index is 14.0. The predicted octanol–water partition coefficient (Wildman–Crippen LogP) is 3.30. The summed E-state index contributed by atoms with van der Waals surface area (Å²) < 4.78 is 38.6. The summed E-state index contributed by atoms with van der Waals surface area (Å²) in [7, 11) is 0. The Balaban J connectivity index is 2.18. The van der Waals surface area contributed by atoms with Crippen LogP contribution >= 0.6 is 0 Å². The van der Waals surface area contributed by atoms with Gasteiger partial charge in [0.2, 0.25) is 6.79 Å². The lowest BCUT2D eigenvalue weighted by Gasteiger charge is -2.32. The molecular weight excluding hydrogens is 264 g/mol. The number of rotatable bonds is 3. The van der Waals surface area contributed by atoms with E-state index in [0.29, 0.717) is 23.6 Å². The van der Waals surface area contributed by atoms with Crippen LogP contribution in [0.3, 0.4) is 0 Å². The minimum atomic E-state index is -2.92. The Labute approximate surface area is 117 Å². The van der Waals surface area contributed by atoms with Crippen LogP contribution in [0.2, 0.25) is 0 Å². The van der Waals surface area contributed by atoms with Gasteiger partial charge in [0.15, 0.2) is 11.5 Å². The van der Waals surface area contributed by atoms with Crippen LogP contribution in [0.15, 0.2) is 12.1 Å². The normalized spacial score (nSPS) is 20.4. The third kappa shape index (κ3) is 2.04. The van der Waals surface area contributed by atoms with Crippen LogP contribution in [0.1, 0.15) is 43.7 Å². The van der Waals surface area contributed by atoms with E-state index in [-0.39, 0.29) is 17.8 Å². The molecule has 0 spiro atoms. The van der Waals surface area contributed by atoms with Gasteiger partial charge in [-0.3, -0.25) is 0 Å². The Morgan fingerprint density at radius 3 is 2.35 bits per heavy atom. The van der Waals surface area contributed by atoms with Crippen LogP contribution < -0.4 is 15.2 Å². The zero-order valence-electron chi connectivity index (χ0n) is 11.5. The third-order valence-electron chi connectivity index (χ3n) is 4.51. The molecule has 5 heteroatoms. The lowest BCUT2D eigenvalue weighted by Crippen LogP contribution is -2.34. The highest BCUT2D eigenvalue weighted by Gasteiger charge is 2.41. The van der Waals surface area contributed by atoms with Crippen molar-refractivity contribution in [2.45, 2.75) is 43.9 Å². The van der Waals surface area contributed by atoms with Gasteiger partial charge in [-0.25, -0.2) is 8.78 Å². The number of ether oxygens (including phenoxy) is 2. The van der Waals surface area contributed by atoms with E-state index in [2.05, 4.69) is 0 Å². The fourth-order valence-corrected chi connectivity index (χ4v) is 3.38. The lowest BCUT2D eigenvalue weighted by molar-refractivity contribution is 0.0151. The van der Waals surface area contributed by atoms with E-state index in [0.717, 1.165) is 32.6 Å². The summed E-state index contributed by atoms with van der Waals surface area (Å²) in [6.07, 6.45) is 3.76. The number of nitrogens with two attached hydrogens (primary N) is 1. The summed E-state index contributed by atoms with van der Waals surface area (Å²) in [4.78, 5) is 0. The minimum Gasteiger partial charge on any atom is -0.454 e. The van der Waals surface area contributed by atoms with Crippen LogP contribution in [0.25, 0.3) is 0 Å². The lowest BCUT2D eigenvalue weighted by atomic mass is 9.75. The Bertz CT molecular complexity index is 519. The quantitative estimate of drug-likeness (QED) is 0.925. The van der Waals surface area contributed by atoms with Crippen LogP contribution in [0.5, 0.6) is 11.5 Å². The molecule has 0 unspecified atom stereocenters. The second kappa shape index (κ2) is 4.58. The highest BCUT2D eigenvalue weighted by atomic mass is 19.3. The van der Waals surface area contributed by atoms with Crippen LogP contribution in [-0.2, 0) is 11.3 Å². The number of alkyl halides is 2. The summed E-state index contributed by atoms with van der Waals surface area (Å²) in [5.74, 6) is -1.97. The highest BCUT2D eigenvalue weighted by molar-refractivity contribution is 5.52. The van der Waals surface area contributed by atoms with Crippen molar-refractivity contribution in [3.05, 3.63) is 23.3 Å². The van der Waals surface area contributed by atoms with Crippen molar-refractivity contribution in [3.8, 4) is 11.5 Å². The molecule has 0 radical (unpaired) electrons. The molecule has 0 aromatic heterocycles.